The van der Waals surface area contributed by atoms with Crippen molar-refractivity contribution in [2.24, 2.45) is 0 Å². The molecule has 0 bridgehead atoms. The molecular formula is C18H21N3O4S. The van der Waals surface area contributed by atoms with E-state index < -0.39 is 10.0 Å². The zero-order valence-corrected chi connectivity index (χ0v) is 15.7. The summed E-state index contributed by atoms with van der Waals surface area (Å²) in [5, 5.41) is 0. The Kier molecular flexibility index (Phi) is 4.88. The van der Waals surface area contributed by atoms with E-state index in [-0.39, 0.29) is 23.7 Å². The van der Waals surface area contributed by atoms with Gasteiger partial charge in [0, 0.05) is 13.1 Å². The minimum atomic E-state index is -3.69. The van der Waals surface area contributed by atoms with Gasteiger partial charge in [0.15, 0.2) is 0 Å². The number of imidazole rings is 1. The number of methoxy groups -OCH3 is 1. The third-order valence-corrected chi connectivity index (χ3v) is 5.89. The molecule has 8 heteroatoms. The summed E-state index contributed by atoms with van der Waals surface area (Å²) in [5.41, 5.74) is 2.55. The SMILES string of the molecule is COc1cc(C)c(S(=O)(=O)NCCn2c(=O)[nH]c3ccccc32)cc1C. The van der Waals surface area contributed by atoms with Crippen LogP contribution in [0.25, 0.3) is 11.0 Å². The van der Waals surface area contributed by atoms with Gasteiger partial charge in [0.2, 0.25) is 10.0 Å². The highest BCUT2D eigenvalue weighted by Crippen LogP contribution is 2.25. The number of aromatic amines is 1. The van der Waals surface area contributed by atoms with Crippen molar-refractivity contribution in [3.8, 4) is 5.75 Å². The number of hydrogen-bond acceptors (Lipinski definition) is 4. The first-order valence-electron chi connectivity index (χ1n) is 8.16. The van der Waals surface area contributed by atoms with E-state index in [0.717, 1.165) is 16.6 Å². The van der Waals surface area contributed by atoms with Crippen molar-refractivity contribution in [2.45, 2.75) is 25.3 Å². The summed E-state index contributed by atoms with van der Waals surface area (Å²) in [6, 6.07) is 10.6. The third kappa shape index (κ3) is 3.38. The van der Waals surface area contributed by atoms with Gasteiger partial charge >= 0.3 is 5.69 Å². The van der Waals surface area contributed by atoms with Crippen LogP contribution in [-0.4, -0.2) is 31.6 Å². The van der Waals surface area contributed by atoms with Crippen molar-refractivity contribution in [3.05, 3.63) is 58.0 Å². The molecule has 0 spiro atoms. The van der Waals surface area contributed by atoms with Gasteiger partial charge in [-0.3, -0.25) is 4.57 Å². The van der Waals surface area contributed by atoms with Crippen LogP contribution >= 0.6 is 0 Å². The summed E-state index contributed by atoms with van der Waals surface area (Å²) < 4.78 is 34.6. The molecule has 1 heterocycles. The Morgan fingerprint density at radius 3 is 2.62 bits per heavy atom. The Morgan fingerprint density at radius 2 is 1.88 bits per heavy atom. The molecule has 0 aliphatic heterocycles. The number of aromatic nitrogens is 2. The molecule has 2 N–H and O–H groups in total. The molecule has 0 radical (unpaired) electrons. The molecule has 3 rings (SSSR count). The predicted molar refractivity (Wildman–Crippen MR) is 100 cm³/mol. The molecule has 138 valence electrons. The molecular weight excluding hydrogens is 354 g/mol. The van der Waals surface area contributed by atoms with Crippen LogP contribution in [0.4, 0.5) is 0 Å². The molecule has 3 aromatic rings. The fraction of sp³-hybridized carbons (Fsp3) is 0.278. The Labute approximate surface area is 151 Å². The molecule has 0 fully saturated rings. The minimum absolute atomic E-state index is 0.106. The molecule has 0 saturated heterocycles. The van der Waals surface area contributed by atoms with Crippen LogP contribution in [0.15, 0.2) is 46.1 Å². The number of benzene rings is 2. The molecule has 0 aliphatic rings. The Bertz CT molecular complexity index is 1110. The normalized spacial score (nSPS) is 11.8. The summed E-state index contributed by atoms with van der Waals surface area (Å²) in [6.07, 6.45) is 0. The quantitative estimate of drug-likeness (QED) is 0.688. The number of ether oxygens (including phenoxy) is 1. The lowest BCUT2D eigenvalue weighted by atomic mass is 10.1. The van der Waals surface area contributed by atoms with E-state index in [4.69, 9.17) is 4.74 Å². The van der Waals surface area contributed by atoms with Gasteiger partial charge in [0.1, 0.15) is 5.75 Å². The van der Waals surface area contributed by atoms with Gasteiger partial charge in [0.05, 0.1) is 23.0 Å². The summed E-state index contributed by atoms with van der Waals surface area (Å²) in [7, 11) is -2.14. The number of H-pyrrole nitrogens is 1. The smallest absolute Gasteiger partial charge is 0.326 e. The van der Waals surface area contributed by atoms with E-state index in [1.54, 1.807) is 39.2 Å². The second-order valence-electron chi connectivity index (χ2n) is 6.08. The third-order valence-electron chi connectivity index (χ3n) is 4.29. The molecule has 1 aromatic heterocycles. The molecule has 2 aromatic carbocycles. The van der Waals surface area contributed by atoms with E-state index in [1.165, 1.54) is 4.57 Å². The highest BCUT2D eigenvalue weighted by molar-refractivity contribution is 7.89. The summed E-state index contributed by atoms with van der Waals surface area (Å²) in [4.78, 5) is 15.0. The number of para-hydroxylation sites is 2. The number of nitrogens with zero attached hydrogens (tertiary/aromatic N) is 1. The van der Waals surface area contributed by atoms with E-state index in [1.807, 2.05) is 18.2 Å². The van der Waals surface area contributed by atoms with Crippen molar-refractivity contribution < 1.29 is 13.2 Å². The fourth-order valence-corrected chi connectivity index (χ4v) is 4.30. The van der Waals surface area contributed by atoms with Gasteiger partial charge in [-0.1, -0.05) is 12.1 Å². The first kappa shape index (κ1) is 18.2. The van der Waals surface area contributed by atoms with Crippen LogP contribution < -0.4 is 15.1 Å². The van der Waals surface area contributed by atoms with Gasteiger partial charge < -0.3 is 9.72 Å². The van der Waals surface area contributed by atoms with Crippen molar-refractivity contribution in [2.75, 3.05) is 13.7 Å². The number of fused-ring (bicyclic) bond motifs is 1. The predicted octanol–water partition coefficient (Wildman–Crippen LogP) is 1.93. The highest BCUT2D eigenvalue weighted by Gasteiger charge is 2.18. The van der Waals surface area contributed by atoms with Crippen LogP contribution in [0.3, 0.4) is 0 Å². The van der Waals surface area contributed by atoms with Gasteiger partial charge in [-0.25, -0.2) is 17.9 Å². The zero-order valence-electron chi connectivity index (χ0n) is 14.9. The number of sulfonamides is 1. The molecule has 0 saturated carbocycles. The lowest BCUT2D eigenvalue weighted by Gasteiger charge is -2.13. The number of hydrogen-bond donors (Lipinski definition) is 2. The lowest BCUT2D eigenvalue weighted by molar-refractivity contribution is 0.411. The molecule has 7 nitrogen and oxygen atoms in total. The second-order valence-corrected chi connectivity index (χ2v) is 7.82. The highest BCUT2D eigenvalue weighted by atomic mass is 32.2. The first-order valence-corrected chi connectivity index (χ1v) is 9.64. The van der Waals surface area contributed by atoms with Gasteiger partial charge in [-0.2, -0.15) is 0 Å². The minimum Gasteiger partial charge on any atom is -0.496 e. The van der Waals surface area contributed by atoms with E-state index in [2.05, 4.69) is 9.71 Å². The monoisotopic (exact) mass is 375 g/mol. The van der Waals surface area contributed by atoms with E-state index >= 15 is 0 Å². The van der Waals surface area contributed by atoms with E-state index in [9.17, 15) is 13.2 Å². The van der Waals surface area contributed by atoms with E-state index in [0.29, 0.717) is 11.3 Å². The maximum atomic E-state index is 12.6. The fourth-order valence-electron chi connectivity index (χ4n) is 2.97. The maximum Gasteiger partial charge on any atom is 0.326 e. The number of aryl methyl sites for hydroxylation is 2. The molecule has 0 atom stereocenters. The first-order chi connectivity index (χ1) is 12.3. The molecule has 0 unspecified atom stereocenters. The standard InChI is InChI=1S/C18H21N3O4S/c1-12-11-17(13(2)10-16(12)25-3)26(23,24)19-8-9-21-15-7-5-4-6-14(15)20-18(21)22/h4-7,10-11,19H,8-9H2,1-3H3,(H,20,22). The molecule has 0 amide bonds. The molecule has 26 heavy (non-hydrogen) atoms. The van der Waals surface area contributed by atoms with Gasteiger partial charge in [0.25, 0.3) is 0 Å². The zero-order chi connectivity index (χ0) is 18.9. The van der Waals surface area contributed by atoms with Crippen molar-refractivity contribution in [1.82, 2.24) is 14.3 Å². The summed E-state index contributed by atoms with van der Waals surface area (Å²) >= 11 is 0. The van der Waals surface area contributed by atoms with Crippen LogP contribution in [0, 0.1) is 13.8 Å². The second kappa shape index (κ2) is 6.97. The van der Waals surface area contributed by atoms with Crippen LogP contribution in [0.2, 0.25) is 0 Å². The Hall–Kier alpha value is -2.58. The molecule has 0 aliphatic carbocycles. The van der Waals surface area contributed by atoms with Crippen molar-refractivity contribution in [1.29, 1.82) is 0 Å². The Morgan fingerprint density at radius 1 is 1.15 bits per heavy atom. The lowest BCUT2D eigenvalue weighted by Crippen LogP contribution is -2.30. The van der Waals surface area contributed by atoms with Crippen LogP contribution in [-0.2, 0) is 16.6 Å². The van der Waals surface area contributed by atoms with Crippen LogP contribution in [0.1, 0.15) is 11.1 Å². The summed E-state index contributed by atoms with van der Waals surface area (Å²) in [6.45, 7) is 3.86. The average Bonchev–Trinajstić information content (AvgIpc) is 2.92. The topological polar surface area (TPSA) is 93.2 Å². The van der Waals surface area contributed by atoms with Gasteiger partial charge in [-0.05, 0) is 49.2 Å². The number of rotatable bonds is 6. The van der Waals surface area contributed by atoms with Crippen LogP contribution in [0.5, 0.6) is 5.75 Å². The van der Waals surface area contributed by atoms with Gasteiger partial charge in [-0.15, -0.1) is 0 Å². The average molecular weight is 375 g/mol. The maximum absolute atomic E-state index is 12.6. The van der Waals surface area contributed by atoms with Crippen molar-refractivity contribution in [3.63, 3.8) is 0 Å². The van der Waals surface area contributed by atoms with Crippen molar-refractivity contribution >= 4 is 21.1 Å². The largest absolute Gasteiger partial charge is 0.496 e. The number of nitrogens with one attached hydrogen (secondary N) is 2. The Balaban J connectivity index is 1.80. The summed E-state index contributed by atoms with van der Waals surface area (Å²) in [5.74, 6) is 0.645.